The number of nitrogens with one attached hydrogen (secondary N) is 1. The van der Waals surface area contributed by atoms with Crippen molar-refractivity contribution in [2.75, 3.05) is 26.7 Å². The van der Waals surface area contributed by atoms with Gasteiger partial charge in [-0.2, -0.15) is 0 Å². The minimum atomic E-state index is -0.382. The molecule has 0 amide bonds. The Bertz CT molecular complexity index is 1060. The Hall–Kier alpha value is -2.62. The molecule has 7 nitrogen and oxygen atoms in total. The number of nitrogens with zero attached hydrogens (tertiary/aromatic N) is 3. The predicted octanol–water partition coefficient (Wildman–Crippen LogP) is 3.45. The molecule has 1 saturated carbocycles. The first-order chi connectivity index (χ1) is 15.9. The number of hydrogen-bond acceptors (Lipinski definition) is 8. The summed E-state index contributed by atoms with van der Waals surface area (Å²) in [5, 5.41) is 6.11. The molecule has 3 aliphatic rings. The van der Waals surface area contributed by atoms with Gasteiger partial charge in [-0.3, -0.25) is 9.89 Å². The molecule has 174 valence electrons. The molecule has 2 fully saturated rings. The number of thiazole rings is 1. The van der Waals surface area contributed by atoms with Crippen LogP contribution in [0.1, 0.15) is 24.3 Å². The van der Waals surface area contributed by atoms with E-state index in [0.29, 0.717) is 23.4 Å². The van der Waals surface area contributed by atoms with Gasteiger partial charge in [-0.25, -0.2) is 14.2 Å². The number of aliphatic imine (C=N–C) groups is 1. The quantitative estimate of drug-likeness (QED) is 0.510. The zero-order chi connectivity index (χ0) is 23.4. The summed E-state index contributed by atoms with van der Waals surface area (Å²) in [6.45, 7) is 1.68. The number of esters is 1. The van der Waals surface area contributed by atoms with Crippen LogP contribution in [-0.4, -0.2) is 60.8 Å². The van der Waals surface area contributed by atoms with Crippen LogP contribution < -0.4 is 5.32 Å². The van der Waals surface area contributed by atoms with Crippen molar-refractivity contribution < 1.29 is 18.7 Å². The lowest BCUT2D eigenvalue weighted by molar-refractivity contribution is -0.136. The summed E-state index contributed by atoms with van der Waals surface area (Å²) in [6.07, 6.45) is 6.06. The Kier molecular flexibility index (Phi) is 7.21. The lowest BCUT2D eigenvalue weighted by Crippen LogP contribution is -2.41. The van der Waals surface area contributed by atoms with Gasteiger partial charge in [-0.1, -0.05) is 23.7 Å². The molecule has 33 heavy (non-hydrogen) atoms. The number of aromatic nitrogens is 1. The normalized spacial score (nSPS) is 21.1. The van der Waals surface area contributed by atoms with Gasteiger partial charge < -0.3 is 14.8 Å². The van der Waals surface area contributed by atoms with Crippen molar-refractivity contribution in [2.24, 2.45) is 10.4 Å². The second kappa shape index (κ2) is 10.1. The summed E-state index contributed by atoms with van der Waals surface area (Å²) in [4.78, 5) is 34.5. The Labute approximate surface area is 200 Å². The van der Waals surface area contributed by atoms with Crippen molar-refractivity contribution in [3.63, 3.8) is 0 Å². The number of carbonyl (C=O) groups is 2. The van der Waals surface area contributed by atoms with Crippen molar-refractivity contribution in [1.82, 2.24) is 15.2 Å². The Morgan fingerprint density at radius 1 is 1.42 bits per heavy atom. The molecule has 10 heteroatoms. The Morgan fingerprint density at radius 3 is 2.79 bits per heavy atom. The van der Waals surface area contributed by atoms with Crippen LogP contribution >= 0.6 is 22.9 Å². The summed E-state index contributed by atoms with van der Waals surface area (Å²) in [6, 6.07) is 6.03. The van der Waals surface area contributed by atoms with E-state index in [1.54, 1.807) is 18.3 Å². The number of halogens is 2. The molecule has 1 atom stereocenters. The average molecular weight is 491 g/mol. The van der Waals surface area contributed by atoms with Gasteiger partial charge in [-0.15, -0.1) is 11.3 Å². The molecule has 2 aromatic rings. The largest absolute Gasteiger partial charge is 0.466 e. The standard InChI is InChI=1S/C17H20N4O3S.C6H4ClF/c1-24-16(23)12-7-19-14(15-18-4-5-25-15)20-13(12)8-21-10-17(2-3-17)6-11(21)9-22;7-5-3-1-2-4-6(5)8/h4-5,9,11H,2-3,6-8,10H2,1H3,(H,19,20);1-4H. The molecule has 1 N–H and O–H groups in total. The molecule has 1 aromatic heterocycles. The van der Waals surface area contributed by atoms with Crippen molar-refractivity contribution >= 4 is 41.0 Å². The van der Waals surface area contributed by atoms with E-state index in [9.17, 15) is 14.0 Å². The molecular formula is C23H24ClFN4O3S. The number of aldehydes is 1. The summed E-state index contributed by atoms with van der Waals surface area (Å²) in [7, 11) is 1.37. The van der Waals surface area contributed by atoms with Gasteiger partial charge in [0, 0.05) is 30.4 Å². The molecule has 0 bridgehead atoms. The molecule has 0 radical (unpaired) electrons. The van der Waals surface area contributed by atoms with Crippen molar-refractivity contribution in [3.05, 3.63) is 63.0 Å². The number of benzene rings is 1. The van der Waals surface area contributed by atoms with Gasteiger partial charge in [-0.05, 0) is 36.8 Å². The summed E-state index contributed by atoms with van der Waals surface area (Å²) < 4.78 is 17.1. The lowest BCUT2D eigenvalue weighted by atomic mass is 10.0. The average Bonchev–Trinajstić information content (AvgIpc) is 3.22. The molecule has 1 aromatic carbocycles. The third-order valence-electron chi connectivity index (χ3n) is 6.04. The van der Waals surface area contributed by atoms with Crippen molar-refractivity contribution in [1.29, 1.82) is 0 Å². The highest BCUT2D eigenvalue weighted by atomic mass is 35.5. The van der Waals surface area contributed by atoms with Gasteiger partial charge >= 0.3 is 5.97 Å². The highest BCUT2D eigenvalue weighted by Crippen LogP contribution is 2.54. The fourth-order valence-corrected chi connectivity index (χ4v) is 4.83. The number of methoxy groups -OCH3 is 1. The number of hydrogen-bond donors (Lipinski definition) is 1. The van der Waals surface area contributed by atoms with Crippen LogP contribution in [0, 0.1) is 11.2 Å². The number of amidine groups is 1. The first kappa shape index (κ1) is 23.5. The fraction of sp³-hybridized carbons (Fsp3) is 0.391. The number of carbonyl (C=O) groups excluding carboxylic acids is 2. The second-order valence-electron chi connectivity index (χ2n) is 8.30. The molecule has 3 heterocycles. The zero-order valence-corrected chi connectivity index (χ0v) is 19.7. The SMILES string of the molecule is COC(=O)C1=C(CN2CC3(CC3)CC2C=O)NC(c2nccs2)=NC1.Fc1ccccc1Cl. The summed E-state index contributed by atoms with van der Waals surface area (Å²) >= 11 is 6.83. The Morgan fingerprint density at radius 2 is 2.21 bits per heavy atom. The van der Waals surface area contributed by atoms with E-state index in [2.05, 4.69) is 20.2 Å². The lowest BCUT2D eigenvalue weighted by Gasteiger charge is -2.26. The first-order valence-electron chi connectivity index (χ1n) is 10.6. The smallest absolute Gasteiger partial charge is 0.337 e. The number of ether oxygens (including phenoxy) is 1. The third-order valence-corrected chi connectivity index (χ3v) is 7.13. The molecular weight excluding hydrogens is 467 g/mol. The maximum absolute atomic E-state index is 12.2. The van der Waals surface area contributed by atoms with Crippen LogP contribution in [0.3, 0.4) is 0 Å². The van der Waals surface area contributed by atoms with Gasteiger partial charge in [0.15, 0.2) is 10.8 Å². The van der Waals surface area contributed by atoms with E-state index in [-0.39, 0.29) is 29.4 Å². The van der Waals surface area contributed by atoms with E-state index in [1.807, 2.05) is 5.38 Å². The molecule has 1 unspecified atom stereocenters. The highest BCUT2D eigenvalue weighted by molar-refractivity contribution is 7.11. The van der Waals surface area contributed by atoms with Crippen LogP contribution in [-0.2, 0) is 14.3 Å². The van der Waals surface area contributed by atoms with Crippen LogP contribution in [0.2, 0.25) is 5.02 Å². The Balaban J connectivity index is 0.000000275. The van der Waals surface area contributed by atoms with Crippen LogP contribution in [0.25, 0.3) is 0 Å². The minimum Gasteiger partial charge on any atom is -0.466 e. The zero-order valence-electron chi connectivity index (χ0n) is 18.1. The van der Waals surface area contributed by atoms with Crippen LogP contribution in [0.5, 0.6) is 0 Å². The highest BCUT2D eigenvalue weighted by Gasteiger charge is 2.52. The predicted molar refractivity (Wildman–Crippen MR) is 125 cm³/mol. The number of rotatable bonds is 5. The van der Waals surface area contributed by atoms with Gasteiger partial charge in [0.2, 0.25) is 0 Å². The maximum Gasteiger partial charge on any atom is 0.337 e. The van der Waals surface area contributed by atoms with E-state index >= 15 is 0 Å². The van der Waals surface area contributed by atoms with E-state index in [4.69, 9.17) is 16.3 Å². The van der Waals surface area contributed by atoms with E-state index < -0.39 is 0 Å². The molecule has 2 aliphatic heterocycles. The molecule has 1 spiro atoms. The maximum atomic E-state index is 12.2. The number of likely N-dealkylation sites (tertiary alicyclic amines) is 1. The van der Waals surface area contributed by atoms with E-state index in [1.165, 1.54) is 43.4 Å². The fourth-order valence-electron chi connectivity index (χ4n) is 4.09. The molecule has 5 rings (SSSR count). The monoisotopic (exact) mass is 490 g/mol. The van der Waals surface area contributed by atoms with Gasteiger partial charge in [0.25, 0.3) is 0 Å². The van der Waals surface area contributed by atoms with E-state index in [0.717, 1.165) is 30.0 Å². The minimum absolute atomic E-state index is 0.0853. The second-order valence-corrected chi connectivity index (χ2v) is 9.60. The molecule has 1 aliphatic carbocycles. The van der Waals surface area contributed by atoms with Crippen LogP contribution in [0.15, 0.2) is 52.1 Å². The summed E-state index contributed by atoms with van der Waals surface area (Å²) in [5.74, 6) is -0.0813. The van der Waals surface area contributed by atoms with Gasteiger partial charge in [0.1, 0.15) is 12.1 Å². The third kappa shape index (κ3) is 5.48. The molecule has 1 saturated heterocycles. The van der Waals surface area contributed by atoms with Gasteiger partial charge in [0.05, 0.1) is 30.3 Å². The summed E-state index contributed by atoms with van der Waals surface area (Å²) in [5.41, 5.74) is 1.60. The van der Waals surface area contributed by atoms with Crippen LogP contribution in [0.4, 0.5) is 4.39 Å². The first-order valence-corrected chi connectivity index (χ1v) is 11.8. The topological polar surface area (TPSA) is 83.9 Å². The van der Waals surface area contributed by atoms with Crippen molar-refractivity contribution in [2.45, 2.75) is 25.3 Å². The van der Waals surface area contributed by atoms with Crippen molar-refractivity contribution in [3.8, 4) is 0 Å².